The number of methoxy groups -OCH3 is 1. The van der Waals surface area contributed by atoms with Crippen LogP contribution < -0.4 is 15.6 Å². The van der Waals surface area contributed by atoms with E-state index < -0.39 is 12.0 Å². The smallest absolute Gasteiger partial charge is 0.274 e. The molecule has 1 aromatic carbocycles. The van der Waals surface area contributed by atoms with E-state index in [1.165, 1.54) is 22.9 Å². The second-order valence-electron chi connectivity index (χ2n) is 8.72. The summed E-state index contributed by atoms with van der Waals surface area (Å²) < 4.78 is 22.3. The maximum atomic E-state index is 13.5. The summed E-state index contributed by atoms with van der Waals surface area (Å²) in [7, 11) is 1.59. The second-order valence-corrected chi connectivity index (χ2v) is 8.72. The van der Waals surface area contributed by atoms with Crippen molar-refractivity contribution in [1.82, 2.24) is 19.1 Å². The molecular weight excluding hydrogens is 449 g/mol. The van der Waals surface area contributed by atoms with Crippen molar-refractivity contribution in [3.8, 4) is 11.4 Å². The molecule has 8 nitrogen and oxygen atoms in total. The van der Waals surface area contributed by atoms with E-state index in [2.05, 4.69) is 15.3 Å². The van der Waals surface area contributed by atoms with Crippen molar-refractivity contribution in [3.63, 3.8) is 0 Å². The van der Waals surface area contributed by atoms with Crippen molar-refractivity contribution in [3.05, 3.63) is 94.4 Å². The van der Waals surface area contributed by atoms with Crippen LogP contribution in [-0.2, 0) is 0 Å². The highest BCUT2D eigenvalue weighted by atomic mass is 19.1. The van der Waals surface area contributed by atoms with Crippen LogP contribution in [-0.4, -0.2) is 37.9 Å². The van der Waals surface area contributed by atoms with E-state index in [1.54, 1.807) is 19.6 Å². The Morgan fingerprint density at radius 3 is 2.66 bits per heavy atom. The summed E-state index contributed by atoms with van der Waals surface area (Å²) in [5.41, 5.74) is 4.05. The molecule has 2 N–H and O–H groups in total. The van der Waals surface area contributed by atoms with E-state index in [0.717, 1.165) is 29.8 Å². The summed E-state index contributed by atoms with van der Waals surface area (Å²) in [6, 6.07) is 9.53. The fourth-order valence-electron chi connectivity index (χ4n) is 4.20. The van der Waals surface area contributed by atoms with Gasteiger partial charge in [0.2, 0.25) is 5.95 Å². The fourth-order valence-corrected chi connectivity index (χ4v) is 4.20. The number of aromatic nitrogens is 4. The average Bonchev–Trinajstić information content (AvgIpc) is 3.63. The van der Waals surface area contributed by atoms with Crippen LogP contribution in [0.2, 0.25) is 0 Å². The van der Waals surface area contributed by atoms with E-state index in [0.29, 0.717) is 28.6 Å². The lowest BCUT2D eigenvalue weighted by Crippen LogP contribution is -2.29. The Bertz CT molecular complexity index is 1410. The molecule has 180 valence electrons. The molecule has 9 heteroatoms. The van der Waals surface area contributed by atoms with Gasteiger partial charge in [0, 0.05) is 30.3 Å². The molecular formula is C26H26FN5O3. The van der Waals surface area contributed by atoms with Crippen molar-refractivity contribution in [1.29, 1.82) is 0 Å². The molecule has 3 aromatic heterocycles. The van der Waals surface area contributed by atoms with Crippen LogP contribution in [0, 0.1) is 12.9 Å². The molecule has 5 rings (SSSR count). The van der Waals surface area contributed by atoms with Crippen LogP contribution in [0.4, 0.5) is 15.8 Å². The van der Waals surface area contributed by atoms with Gasteiger partial charge in [0.1, 0.15) is 11.4 Å². The number of anilines is 2. The van der Waals surface area contributed by atoms with E-state index in [9.17, 15) is 14.3 Å². The van der Waals surface area contributed by atoms with Crippen LogP contribution in [0.15, 0.2) is 66.1 Å². The second kappa shape index (κ2) is 9.34. The lowest BCUT2D eigenvalue weighted by molar-refractivity contribution is 0.246. The number of hydrogen-bond acceptors (Lipinski definition) is 6. The van der Waals surface area contributed by atoms with Crippen LogP contribution in [0.1, 0.15) is 41.6 Å². The number of nitrogens with zero attached hydrogens (tertiary/aromatic N) is 4. The first kappa shape index (κ1) is 22.8. The molecule has 1 aliphatic carbocycles. The maximum Gasteiger partial charge on any atom is 0.274 e. The van der Waals surface area contributed by atoms with Gasteiger partial charge in [-0.15, -0.1) is 0 Å². The zero-order chi connectivity index (χ0) is 24.5. The minimum absolute atomic E-state index is 0.300. The normalized spacial score (nSPS) is 14.1. The summed E-state index contributed by atoms with van der Waals surface area (Å²) in [5.74, 6) is 0.376. The van der Waals surface area contributed by atoms with Crippen LogP contribution >= 0.6 is 0 Å². The van der Waals surface area contributed by atoms with Gasteiger partial charge in [0.05, 0.1) is 37.5 Å². The molecule has 1 fully saturated rings. The number of benzene rings is 1. The third-order valence-corrected chi connectivity index (χ3v) is 6.21. The molecule has 0 radical (unpaired) electrons. The molecule has 0 amide bonds. The number of rotatable bonds is 8. The van der Waals surface area contributed by atoms with Crippen molar-refractivity contribution in [2.75, 3.05) is 19.0 Å². The van der Waals surface area contributed by atoms with E-state index in [4.69, 9.17) is 4.74 Å². The fraction of sp³-hybridized carbons (Fsp3) is 0.269. The lowest BCUT2D eigenvalue weighted by atomic mass is 10.1. The Kier molecular flexibility index (Phi) is 6.08. The molecule has 0 spiro atoms. The summed E-state index contributed by atoms with van der Waals surface area (Å²) in [6.45, 7) is 1.59. The van der Waals surface area contributed by atoms with E-state index >= 15 is 0 Å². The first-order valence-corrected chi connectivity index (χ1v) is 11.4. The summed E-state index contributed by atoms with van der Waals surface area (Å²) in [6.07, 6.45) is 8.86. The number of hydrogen-bond donors (Lipinski definition) is 2. The molecule has 1 saturated carbocycles. The number of ether oxygens (including phenoxy) is 1. The van der Waals surface area contributed by atoms with Crippen LogP contribution in [0.5, 0.6) is 5.75 Å². The van der Waals surface area contributed by atoms with Gasteiger partial charge in [0.15, 0.2) is 0 Å². The maximum absolute atomic E-state index is 13.5. The number of pyridine rings is 2. The molecule has 0 saturated heterocycles. The number of imidazole rings is 1. The summed E-state index contributed by atoms with van der Waals surface area (Å²) in [5, 5.41) is 13.4. The molecule has 0 bridgehead atoms. The van der Waals surface area contributed by atoms with Crippen molar-refractivity contribution in [2.45, 2.75) is 31.7 Å². The van der Waals surface area contributed by atoms with Crippen LogP contribution in [0.3, 0.4) is 0 Å². The highest BCUT2D eigenvalue weighted by Crippen LogP contribution is 2.41. The lowest BCUT2D eigenvalue weighted by Gasteiger charge is -2.21. The van der Waals surface area contributed by atoms with E-state index in [-0.39, 0.29) is 12.2 Å². The number of halogens is 1. The number of aryl methyl sites for hydroxylation is 1. The number of aliphatic hydroxyl groups excluding tert-OH is 1. The minimum Gasteiger partial charge on any atom is -0.494 e. The minimum atomic E-state index is -0.684. The van der Waals surface area contributed by atoms with Crippen molar-refractivity contribution < 1.29 is 14.2 Å². The topological polar surface area (TPSA) is 94.2 Å². The highest BCUT2D eigenvalue weighted by molar-refractivity contribution is 5.65. The monoisotopic (exact) mass is 475 g/mol. The summed E-state index contributed by atoms with van der Waals surface area (Å²) in [4.78, 5) is 21.5. The molecule has 1 aliphatic rings. The first-order chi connectivity index (χ1) is 17.0. The van der Waals surface area contributed by atoms with Gasteiger partial charge in [-0.1, -0.05) is 6.07 Å². The third kappa shape index (κ3) is 4.67. The molecule has 4 aromatic rings. The Balaban J connectivity index is 1.53. The Morgan fingerprint density at radius 1 is 1.20 bits per heavy atom. The Labute approximate surface area is 201 Å². The molecule has 35 heavy (non-hydrogen) atoms. The molecule has 0 aliphatic heterocycles. The van der Waals surface area contributed by atoms with Gasteiger partial charge < -0.3 is 24.3 Å². The zero-order valence-corrected chi connectivity index (χ0v) is 19.5. The Morgan fingerprint density at radius 2 is 2.03 bits per heavy atom. The standard InChI is InChI=1S/C26H26FN5O3/c1-16-12-31(15-29-16)22-7-6-20(10-24(22)35-2)30-21-9-19(17-3-4-17)13-32(26(21)34)23(14-33)18-5-8-25(27)28-11-18/h5-13,15,17,23,30,33H,3-4,14H2,1-2H3/t23-/m0/s1. The zero-order valence-electron chi connectivity index (χ0n) is 19.5. The van der Waals surface area contributed by atoms with E-state index in [1.807, 2.05) is 42.0 Å². The highest BCUT2D eigenvalue weighted by Gasteiger charge is 2.27. The average molecular weight is 476 g/mol. The van der Waals surface area contributed by atoms with Gasteiger partial charge in [-0.3, -0.25) is 4.79 Å². The SMILES string of the molecule is COc1cc(Nc2cc(C3CC3)cn([C@@H](CO)c3ccc(F)nc3)c2=O)ccc1-n1cnc(C)c1. The first-order valence-electron chi connectivity index (χ1n) is 11.4. The van der Waals surface area contributed by atoms with Gasteiger partial charge in [-0.25, -0.2) is 9.97 Å². The Hall–Kier alpha value is -3.98. The third-order valence-electron chi connectivity index (χ3n) is 6.21. The quantitative estimate of drug-likeness (QED) is 0.373. The predicted molar refractivity (Wildman–Crippen MR) is 130 cm³/mol. The van der Waals surface area contributed by atoms with Crippen molar-refractivity contribution >= 4 is 11.4 Å². The van der Waals surface area contributed by atoms with Gasteiger partial charge in [-0.2, -0.15) is 4.39 Å². The van der Waals surface area contributed by atoms with Crippen LogP contribution in [0.25, 0.3) is 5.69 Å². The van der Waals surface area contributed by atoms with Gasteiger partial charge in [-0.05, 0) is 61.1 Å². The van der Waals surface area contributed by atoms with Gasteiger partial charge in [0.25, 0.3) is 5.56 Å². The molecule has 3 heterocycles. The van der Waals surface area contributed by atoms with Gasteiger partial charge >= 0.3 is 0 Å². The van der Waals surface area contributed by atoms with Crippen molar-refractivity contribution in [2.24, 2.45) is 0 Å². The number of aliphatic hydroxyl groups is 1. The molecule has 1 atom stereocenters. The molecule has 0 unspecified atom stereocenters. The number of nitrogens with one attached hydrogen (secondary N) is 1. The predicted octanol–water partition coefficient (Wildman–Crippen LogP) is 4.09. The summed E-state index contributed by atoms with van der Waals surface area (Å²) >= 11 is 0. The largest absolute Gasteiger partial charge is 0.494 e.